The van der Waals surface area contributed by atoms with Crippen molar-refractivity contribution in [2.75, 3.05) is 19.0 Å². The van der Waals surface area contributed by atoms with Gasteiger partial charge in [-0.25, -0.2) is 14.4 Å². The summed E-state index contributed by atoms with van der Waals surface area (Å²) in [6.45, 7) is 3.63. The fourth-order valence-electron chi connectivity index (χ4n) is 3.85. The maximum Gasteiger partial charge on any atom is 0.258 e. The highest BCUT2D eigenvalue weighted by Crippen LogP contribution is 2.32. The fourth-order valence-corrected chi connectivity index (χ4v) is 3.85. The molecule has 0 saturated heterocycles. The van der Waals surface area contributed by atoms with Gasteiger partial charge in [-0.15, -0.1) is 0 Å². The number of fused-ring (bicyclic) bond motifs is 1. The third-order valence-corrected chi connectivity index (χ3v) is 5.71. The Labute approximate surface area is 225 Å². The third-order valence-electron chi connectivity index (χ3n) is 5.71. The molecule has 0 unspecified atom stereocenters. The predicted molar refractivity (Wildman–Crippen MR) is 151 cm³/mol. The van der Waals surface area contributed by atoms with Gasteiger partial charge in [0.1, 0.15) is 23.1 Å². The van der Waals surface area contributed by atoms with E-state index in [4.69, 9.17) is 30.6 Å². The van der Waals surface area contributed by atoms with E-state index in [-0.39, 0.29) is 24.2 Å². The van der Waals surface area contributed by atoms with E-state index >= 15 is 4.39 Å². The number of amides is 1. The predicted octanol–water partition coefficient (Wildman–Crippen LogP) is 5.04. The van der Waals surface area contributed by atoms with Crippen LogP contribution in [0.15, 0.2) is 66.9 Å². The number of nitrogens with zero attached hydrogens (tertiary/aromatic N) is 2. The van der Waals surface area contributed by atoms with E-state index in [0.29, 0.717) is 50.7 Å². The Morgan fingerprint density at radius 1 is 1.10 bits per heavy atom. The molecular weight excluding hydrogens is 499 g/mol. The van der Waals surface area contributed by atoms with E-state index in [2.05, 4.69) is 10.6 Å². The molecule has 9 nitrogen and oxygen atoms in total. The molecule has 39 heavy (non-hydrogen) atoms. The number of nitrogens with two attached hydrogens (primary N) is 1. The van der Waals surface area contributed by atoms with Gasteiger partial charge >= 0.3 is 0 Å². The first kappa shape index (κ1) is 27.1. The highest BCUT2D eigenvalue weighted by atomic mass is 19.1. The number of ether oxygens (including phenoxy) is 2. The maximum absolute atomic E-state index is 15.1. The number of nitrogens with one attached hydrogen (secondary N) is 3. The Kier molecular flexibility index (Phi) is 8.35. The Bertz CT molecular complexity index is 1550. The normalized spacial score (nSPS) is 11.4. The molecule has 10 heteroatoms. The van der Waals surface area contributed by atoms with E-state index in [9.17, 15) is 4.79 Å². The van der Waals surface area contributed by atoms with E-state index < -0.39 is 5.82 Å². The van der Waals surface area contributed by atoms with Crippen molar-refractivity contribution in [2.45, 2.75) is 19.9 Å². The van der Waals surface area contributed by atoms with Gasteiger partial charge in [0.15, 0.2) is 12.4 Å². The van der Waals surface area contributed by atoms with Gasteiger partial charge in [0.05, 0.1) is 18.3 Å². The zero-order valence-corrected chi connectivity index (χ0v) is 21.8. The van der Waals surface area contributed by atoms with Gasteiger partial charge in [-0.2, -0.15) is 0 Å². The van der Waals surface area contributed by atoms with Crippen molar-refractivity contribution >= 4 is 40.1 Å². The van der Waals surface area contributed by atoms with Crippen LogP contribution in [0.2, 0.25) is 0 Å². The van der Waals surface area contributed by atoms with Crippen LogP contribution in [0.4, 0.5) is 15.9 Å². The first-order valence-electron chi connectivity index (χ1n) is 12.2. The topological polar surface area (TPSA) is 135 Å². The van der Waals surface area contributed by atoms with Crippen molar-refractivity contribution in [1.29, 1.82) is 5.41 Å². The van der Waals surface area contributed by atoms with Crippen molar-refractivity contribution in [1.82, 2.24) is 15.3 Å². The number of aromatic nitrogens is 2. The van der Waals surface area contributed by atoms with Crippen LogP contribution in [0.3, 0.4) is 0 Å². The average Bonchev–Trinajstić information content (AvgIpc) is 2.93. The highest BCUT2D eigenvalue weighted by Gasteiger charge is 2.14. The van der Waals surface area contributed by atoms with Crippen LogP contribution in [0.5, 0.6) is 11.5 Å². The van der Waals surface area contributed by atoms with Crippen molar-refractivity contribution in [3.8, 4) is 22.9 Å². The standard InChI is InChI=1S/C29H29FN6O3/c1-17(2)33-27(37)16-39-22-6-4-5-19(11-22)28-34-25-10-8-21(38-3)13-23(25)29(36-28)35-26-9-7-18(12-24(26)30)20(14-31)15-32/h4-15,17,31H,16,32H2,1-3H3,(H,33,37)(H,34,35,36)/b20-15+,31-14?. The monoisotopic (exact) mass is 528 g/mol. The second kappa shape index (κ2) is 12.0. The molecule has 0 bridgehead atoms. The molecule has 0 aliphatic rings. The number of hydrogen-bond acceptors (Lipinski definition) is 8. The minimum atomic E-state index is -0.542. The number of allylic oxidation sites excluding steroid dienone is 1. The second-order valence-corrected chi connectivity index (χ2v) is 8.90. The van der Waals surface area contributed by atoms with Crippen LogP contribution in [0, 0.1) is 11.2 Å². The van der Waals surface area contributed by atoms with Crippen molar-refractivity contribution in [2.24, 2.45) is 5.73 Å². The number of anilines is 2. The average molecular weight is 529 g/mol. The Morgan fingerprint density at radius 2 is 1.92 bits per heavy atom. The summed E-state index contributed by atoms with van der Waals surface area (Å²) in [5, 5.41) is 13.9. The summed E-state index contributed by atoms with van der Waals surface area (Å²) in [5.41, 5.74) is 7.86. The fraction of sp³-hybridized carbons (Fsp3) is 0.172. The minimum absolute atomic E-state index is 0.0131. The number of rotatable bonds is 10. The third kappa shape index (κ3) is 6.48. The van der Waals surface area contributed by atoms with Crippen LogP contribution in [-0.4, -0.2) is 41.8 Å². The van der Waals surface area contributed by atoms with Gasteiger partial charge < -0.3 is 31.3 Å². The summed E-state index contributed by atoms with van der Waals surface area (Å²) < 4.78 is 26.1. The van der Waals surface area contributed by atoms with Crippen molar-refractivity contribution in [3.05, 3.63) is 78.2 Å². The molecule has 1 amide bonds. The zero-order chi connectivity index (χ0) is 27.9. The lowest BCUT2D eigenvalue weighted by Crippen LogP contribution is -2.34. The lowest BCUT2D eigenvalue weighted by molar-refractivity contribution is -0.123. The summed E-state index contributed by atoms with van der Waals surface area (Å²) in [5.74, 6) is 1.05. The van der Waals surface area contributed by atoms with Crippen molar-refractivity contribution < 1.29 is 18.7 Å². The molecule has 1 heterocycles. The number of methoxy groups -OCH3 is 1. The van der Waals surface area contributed by atoms with Gasteiger partial charge in [-0.3, -0.25) is 4.79 Å². The second-order valence-electron chi connectivity index (χ2n) is 8.90. The largest absolute Gasteiger partial charge is 0.497 e. The lowest BCUT2D eigenvalue weighted by atomic mass is 10.1. The van der Waals surface area contributed by atoms with E-state index in [1.165, 1.54) is 12.3 Å². The molecule has 0 atom stereocenters. The van der Waals surface area contributed by atoms with Gasteiger partial charge in [-0.05, 0) is 61.9 Å². The zero-order valence-electron chi connectivity index (χ0n) is 21.8. The molecule has 0 saturated carbocycles. The minimum Gasteiger partial charge on any atom is -0.497 e. The Morgan fingerprint density at radius 3 is 2.62 bits per heavy atom. The molecular formula is C29H29FN6O3. The first-order chi connectivity index (χ1) is 18.8. The number of carbonyl (C=O) groups is 1. The van der Waals surface area contributed by atoms with Gasteiger partial charge in [0.25, 0.3) is 5.91 Å². The van der Waals surface area contributed by atoms with Crippen LogP contribution in [-0.2, 0) is 4.79 Å². The molecule has 0 spiro atoms. The van der Waals surface area contributed by atoms with E-state index in [0.717, 1.165) is 6.21 Å². The summed E-state index contributed by atoms with van der Waals surface area (Å²) in [6, 6.07) is 17.0. The molecule has 5 N–H and O–H groups in total. The first-order valence-corrected chi connectivity index (χ1v) is 12.2. The summed E-state index contributed by atoms with van der Waals surface area (Å²) >= 11 is 0. The number of halogens is 1. The summed E-state index contributed by atoms with van der Waals surface area (Å²) in [4.78, 5) is 21.4. The van der Waals surface area contributed by atoms with Gasteiger partial charge in [0.2, 0.25) is 0 Å². The van der Waals surface area contributed by atoms with Crippen LogP contribution in [0.25, 0.3) is 27.9 Å². The quantitative estimate of drug-likeness (QED) is 0.212. The number of carbonyl (C=O) groups excluding carboxylic acids is 1. The molecule has 1 aromatic heterocycles. The molecule has 3 aromatic carbocycles. The van der Waals surface area contributed by atoms with E-state index in [1.54, 1.807) is 55.6 Å². The maximum atomic E-state index is 15.1. The molecule has 4 rings (SSSR count). The van der Waals surface area contributed by atoms with Gasteiger partial charge in [-0.1, -0.05) is 18.2 Å². The number of hydrogen-bond donors (Lipinski definition) is 4. The molecule has 200 valence electrons. The molecule has 0 fully saturated rings. The van der Waals surface area contributed by atoms with E-state index in [1.807, 2.05) is 19.9 Å². The van der Waals surface area contributed by atoms with Crippen LogP contribution < -0.4 is 25.8 Å². The van der Waals surface area contributed by atoms with Crippen molar-refractivity contribution in [3.63, 3.8) is 0 Å². The molecule has 4 aromatic rings. The number of benzene rings is 3. The Balaban J connectivity index is 1.71. The smallest absolute Gasteiger partial charge is 0.258 e. The highest BCUT2D eigenvalue weighted by molar-refractivity contribution is 6.08. The molecule has 0 aliphatic carbocycles. The summed E-state index contributed by atoms with van der Waals surface area (Å²) in [6.07, 6.45) is 2.31. The SMILES string of the molecule is COc1ccc2nc(-c3cccc(OCC(=O)NC(C)C)c3)nc(Nc3ccc(/C(C=N)=C/N)cc3F)c2c1. The Hall–Kier alpha value is -4.99. The molecule has 0 aliphatic heterocycles. The van der Waals surface area contributed by atoms with Crippen LogP contribution in [0.1, 0.15) is 19.4 Å². The lowest BCUT2D eigenvalue weighted by Gasteiger charge is -2.14. The molecule has 0 radical (unpaired) electrons. The van der Waals surface area contributed by atoms with Crippen LogP contribution >= 0.6 is 0 Å². The summed E-state index contributed by atoms with van der Waals surface area (Å²) in [7, 11) is 1.56. The van der Waals surface area contributed by atoms with Gasteiger partial charge in [0, 0.05) is 35.0 Å².